The molecule has 2 aromatic rings. The van der Waals surface area contributed by atoms with E-state index in [0.717, 1.165) is 6.42 Å². The second-order valence-electron chi connectivity index (χ2n) is 4.13. The second kappa shape index (κ2) is 5.49. The molecule has 0 radical (unpaired) electrons. The minimum absolute atomic E-state index is 1.07. The molecule has 0 spiro atoms. The molecule has 0 nitrogen and oxygen atoms in total. The molecule has 0 heterocycles. The average molecular weight is 222 g/mol. The quantitative estimate of drug-likeness (QED) is 0.689. The van der Waals surface area contributed by atoms with Gasteiger partial charge in [-0.25, -0.2) is 0 Å². The molecule has 0 N–H and O–H groups in total. The first-order valence-electron chi connectivity index (χ1n) is 6.16. The molecule has 2 rings (SSSR count). The van der Waals surface area contributed by atoms with Crippen molar-refractivity contribution in [2.75, 3.05) is 0 Å². The summed E-state index contributed by atoms with van der Waals surface area (Å²) in [4.78, 5) is 0. The van der Waals surface area contributed by atoms with Crippen LogP contribution in [0, 0.1) is 0 Å². The van der Waals surface area contributed by atoms with Crippen LogP contribution in [0.1, 0.15) is 25.0 Å². The van der Waals surface area contributed by atoms with Crippen molar-refractivity contribution in [1.29, 1.82) is 0 Å². The van der Waals surface area contributed by atoms with E-state index < -0.39 is 0 Å². The van der Waals surface area contributed by atoms with Gasteiger partial charge in [-0.1, -0.05) is 67.6 Å². The van der Waals surface area contributed by atoms with Gasteiger partial charge in [-0.15, -0.1) is 0 Å². The number of aryl methyl sites for hydroxylation is 1. The molecule has 0 aromatic heterocycles. The van der Waals surface area contributed by atoms with Crippen LogP contribution in [0.3, 0.4) is 0 Å². The van der Waals surface area contributed by atoms with Gasteiger partial charge >= 0.3 is 0 Å². The molecule has 0 heteroatoms. The molecule has 0 fully saturated rings. The maximum absolute atomic E-state index is 2.30. The highest BCUT2D eigenvalue weighted by molar-refractivity contribution is 5.67. The van der Waals surface area contributed by atoms with Gasteiger partial charge in [0, 0.05) is 0 Å². The van der Waals surface area contributed by atoms with Crippen molar-refractivity contribution < 1.29 is 0 Å². The van der Waals surface area contributed by atoms with Crippen molar-refractivity contribution in [3.63, 3.8) is 0 Å². The predicted molar refractivity (Wildman–Crippen MR) is 76.0 cm³/mol. The van der Waals surface area contributed by atoms with E-state index in [1.165, 1.54) is 22.3 Å². The first-order valence-corrected chi connectivity index (χ1v) is 6.16. The summed E-state index contributed by atoms with van der Waals surface area (Å²) >= 11 is 0. The lowest BCUT2D eigenvalue weighted by molar-refractivity contribution is 1.13. The van der Waals surface area contributed by atoms with Crippen LogP contribution < -0.4 is 0 Å². The molecule has 0 atom stereocenters. The van der Waals surface area contributed by atoms with Crippen molar-refractivity contribution in [2.45, 2.75) is 20.3 Å². The summed E-state index contributed by atoms with van der Waals surface area (Å²) in [6, 6.07) is 17.2. The lowest BCUT2D eigenvalue weighted by Crippen LogP contribution is -1.88. The molecule has 0 amide bonds. The van der Waals surface area contributed by atoms with Crippen LogP contribution in [0.15, 0.2) is 54.6 Å². The van der Waals surface area contributed by atoms with E-state index in [4.69, 9.17) is 0 Å². The standard InChI is InChI=1S/C17H18/c1-3-8-15-11-12-17(13-14(15)4-2)16-9-6-5-7-10-16/h3,5-13H,4H2,1-2H3/b8-3-. The topological polar surface area (TPSA) is 0 Å². The number of hydrogen-bond acceptors (Lipinski definition) is 0. The molecule has 0 saturated carbocycles. The Kier molecular flexibility index (Phi) is 3.77. The molecular formula is C17H18. The molecule has 0 bridgehead atoms. The Hall–Kier alpha value is -1.82. The lowest BCUT2D eigenvalue weighted by Gasteiger charge is -2.07. The summed E-state index contributed by atoms with van der Waals surface area (Å²) in [5, 5.41) is 0. The van der Waals surface area contributed by atoms with E-state index in [9.17, 15) is 0 Å². The van der Waals surface area contributed by atoms with E-state index in [1.807, 2.05) is 0 Å². The largest absolute Gasteiger partial charge is 0.0871 e. The Bertz CT molecular complexity index is 507. The molecule has 17 heavy (non-hydrogen) atoms. The van der Waals surface area contributed by atoms with E-state index in [0.29, 0.717) is 0 Å². The van der Waals surface area contributed by atoms with Crippen LogP contribution in [-0.4, -0.2) is 0 Å². The lowest BCUT2D eigenvalue weighted by atomic mass is 9.97. The number of hydrogen-bond donors (Lipinski definition) is 0. The summed E-state index contributed by atoms with van der Waals surface area (Å²) in [7, 11) is 0. The molecule has 0 unspecified atom stereocenters. The fourth-order valence-electron chi connectivity index (χ4n) is 2.06. The maximum Gasteiger partial charge on any atom is -0.0181 e. The fraction of sp³-hybridized carbons (Fsp3) is 0.176. The van der Waals surface area contributed by atoms with Crippen molar-refractivity contribution >= 4 is 6.08 Å². The van der Waals surface area contributed by atoms with E-state index in [1.54, 1.807) is 0 Å². The number of allylic oxidation sites excluding steroid dienone is 1. The van der Waals surface area contributed by atoms with Gasteiger partial charge in [0.05, 0.1) is 0 Å². The van der Waals surface area contributed by atoms with Gasteiger partial charge in [0.1, 0.15) is 0 Å². The van der Waals surface area contributed by atoms with Gasteiger partial charge in [-0.05, 0) is 35.6 Å². The number of rotatable bonds is 3. The summed E-state index contributed by atoms with van der Waals surface area (Å²) in [6.45, 7) is 4.27. The third-order valence-electron chi connectivity index (χ3n) is 2.98. The molecule has 0 aliphatic carbocycles. The summed E-state index contributed by atoms with van der Waals surface area (Å²) < 4.78 is 0. The normalized spacial score (nSPS) is 10.9. The zero-order valence-corrected chi connectivity index (χ0v) is 10.5. The zero-order chi connectivity index (χ0) is 12.1. The van der Waals surface area contributed by atoms with Gasteiger partial charge in [0.2, 0.25) is 0 Å². The Morgan fingerprint density at radius 1 is 0.941 bits per heavy atom. The van der Waals surface area contributed by atoms with Crippen LogP contribution in [0.2, 0.25) is 0 Å². The highest BCUT2D eigenvalue weighted by Gasteiger charge is 2.01. The van der Waals surface area contributed by atoms with Crippen LogP contribution in [0.25, 0.3) is 17.2 Å². The molecule has 0 aliphatic rings. The van der Waals surface area contributed by atoms with E-state index in [-0.39, 0.29) is 0 Å². The SMILES string of the molecule is C/C=C\c1ccc(-c2ccccc2)cc1CC. The van der Waals surface area contributed by atoms with E-state index >= 15 is 0 Å². The van der Waals surface area contributed by atoms with E-state index in [2.05, 4.69) is 74.5 Å². The van der Waals surface area contributed by atoms with Crippen LogP contribution in [0.4, 0.5) is 0 Å². The Morgan fingerprint density at radius 3 is 2.35 bits per heavy atom. The third kappa shape index (κ3) is 2.65. The van der Waals surface area contributed by atoms with Gasteiger partial charge in [-0.3, -0.25) is 0 Å². The smallest absolute Gasteiger partial charge is 0.0181 e. The molecule has 2 aromatic carbocycles. The summed E-state index contributed by atoms with van der Waals surface area (Å²) in [5.74, 6) is 0. The van der Waals surface area contributed by atoms with Crippen LogP contribution >= 0.6 is 0 Å². The fourth-order valence-corrected chi connectivity index (χ4v) is 2.06. The maximum atomic E-state index is 2.30. The van der Waals surface area contributed by atoms with Gasteiger partial charge in [0.15, 0.2) is 0 Å². The van der Waals surface area contributed by atoms with Gasteiger partial charge in [0.25, 0.3) is 0 Å². The minimum Gasteiger partial charge on any atom is -0.0871 e. The predicted octanol–water partition coefficient (Wildman–Crippen LogP) is 4.95. The Morgan fingerprint density at radius 2 is 1.71 bits per heavy atom. The molecule has 86 valence electrons. The molecule has 0 aliphatic heterocycles. The number of benzene rings is 2. The minimum atomic E-state index is 1.07. The average Bonchev–Trinajstić information content (AvgIpc) is 2.40. The van der Waals surface area contributed by atoms with Crippen molar-refractivity contribution in [3.05, 3.63) is 65.7 Å². The van der Waals surface area contributed by atoms with Crippen molar-refractivity contribution in [2.24, 2.45) is 0 Å². The first-order chi connectivity index (χ1) is 8.35. The zero-order valence-electron chi connectivity index (χ0n) is 10.5. The third-order valence-corrected chi connectivity index (χ3v) is 2.98. The highest BCUT2D eigenvalue weighted by atomic mass is 14.1. The monoisotopic (exact) mass is 222 g/mol. The van der Waals surface area contributed by atoms with Crippen LogP contribution in [0.5, 0.6) is 0 Å². The van der Waals surface area contributed by atoms with Crippen molar-refractivity contribution in [1.82, 2.24) is 0 Å². The van der Waals surface area contributed by atoms with Gasteiger partial charge < -0.3 is 0 Å². The summed E-state index contributed by atoms with van der Waals surface area (Å²) in [5.41, 5.74) is 5.32. The van der Waals surface area contributed by atoms with Crippen molar-refractivity contribution in [3.8, 4) is 11.1 Å². The van der Waals surface area contributed by atoms with Gasteiger partial charge in [-0.2, -0.15) is 0 Å². The molecular weight excluding hydrogens is 204 g/mol. The first kappa shape index (κ1) is 11.7. The summed E-state index contributed by atoms with van der Waals surface area (Å²) in [6.07, 6.45) is 5.34. The van der Waals surface area contributed by atoms with Crippen LogP contribution in [-0.2, 0) is 6.42 Å². The second-order valence-corrected chi connectivity index (χ2v) is 4.13. The Labute approximate surface area is 104 Å². The molecule has 0 saturated heterocycles. The Balaban J connectivity index is 2.45. The highest BCUT2D eigenvalue weighted by Crippen LogP contribution is 2.23.